The van der Waals surface area contributed by atoms with Crippen molar-refractivity contribution in [2.24, 2.45) is 0 Å². The molecule has 0 aliphatic rings. The molecule has 2 rings (SSSR count). The van der Waals surface area contributed by atoms with Crippen LogP contribution in [0.3, 0.4) is 0 Å². The van der Waals surface area contributed by atoms with Gasteiger partial charge >= 0.3 is 0 Å². The Morgan fingerprint density at radius 1 is 1.35 bits per heavy atom. The molecule has 0 N–H and O–H groups in total. The third-order valence-corrected chi connectivity index (χ3v) is 3.46. The lowest BCUT2D eigenvalue weighted by molar-refractivity contribution is -0.694. The average Bonchev–Trinajstić information content (AvgIpc) is 2.62. The molecule has 1 heterocycles. The summed E-state index contributed by atoms with van der Waals surface area (Å²) < 4.78 is 5.73. The van der Waals surface area contributed by atoms with Gasteiger partial charge in [-0.2, -0.15) is 0 Å². The van der Waals surface area contributed by atoms with Crippen molar-refractivity contribution in [3.8, 4) is 0 Å². The molecular formula is C14H18BrN2+. The van der Waals surface area contributed by atoms with E-state index in [1.54, 1.807) is 0 Å². The molecule has 2 aromatic rings. The van der Waals surface area contributed by atoms with E-state index in [0.29, 0.717) is 0 Å². The van der Waals surface area contributed by atoms with Crippen LogP contribution in [0.2, 0.25) is 0 Å². The highest BCUT2D eigenvalue weighted by molar-refractivity contribution is 9.10. The van der Waals surface area contributed by atoms with Gasteiger partial charge in [0.05, 0.1) is 6.54 Å². The Morgan fingerprint density at radius 2 is 2.18 bits per heavy atom. The fourth-order valence-corrected chi connectivity index (χ4v) is 2.46. The van der Waals surface area contributed by atoms with Gasteiger partial charge in [-0.05, 0) is 24.1 Å². The molecule has 3 heteroatoms. The van der Waals surface area contributed by atoms with Crippen molar-refractivity contribution in [2.75, 3.05) is 0 Å². The summed E-state index contributed by atoms with van der Waals surface area (Å²) in [6.45, 7) is 6.41. The number of aromatic nitrogens is 2. The summed E-state index contributed by atoms with van der Waals surface area (Å²) in [4.78, 5) is 0. The second-order valence-corrected chi connectivity index (χ2v) is 5.21. The zero-order chi connectivity index (χ0) is 12.3. The molecular weight excluding hydrogens is 276 g/mol. The third kappa shape index (κ3) is 2.97. The van der Waals surface area contributed by atoms with Crippen molar-refractivity contribution in [2.45, 2.75) is 33.4 Å². The van der Waals surface area contributed by atoms with Gasteiger partial charge in [0.2, 0.25) is 0 Å². The predicted octanol–water partition coefficient (Wildman–Crippen LogP) is 3.30. The van der Waals surface area contributed by atoms with Crippen molar-refractivity contribution in [3.63, 3.8) is 0 Å². The van der Waals surface area contributed by atoms with Gasteiger partial charge in [0.15, 0.2) is 0 Å². The van der Waals surface area contributed by atoms with E-state index in [9.17, 15) is 0 Å². The van der Waals surface area contributed by atoms with Gasteiger partial charge < -0.3 is 0 Å². The van der Waals surface area contributed by atoms with E-state index in [4.69, 9.17) is 0 Å². The van der Waals surface area contributed by atoms with Crippen LogP contribution in [0.25, 0.3) is 0 Å². The first-order valence-electron chi connectivity index (χ1n) is 6.00. The highest BCUT2D eigenvalue weighted by Crippen LogP contribution is 2.11. The second kappa shape index (κ2) is 5.50. The van der Waals surface area contributed by atoms with Crippen molar-refractivity contribution in [1.29, 1.82) is 0 Å². The Morgan fingerprint density at radius 3 is 2.88 bits per heavy atom. The lowest BCUT2D eigenvalue weighted by atomic mass is 10.2. The second-order valence-electron chi connectivity index (χ2n) is 4.30. The molecule has 0 bridgehead atoms. The number of rotatable bonds is 4. The fraction of sp³-hybridized carbons (Fsp3) is 0.357. The van der Waals surface area contributed by atoms with Gasteiger partial charge in [-0.3, -0.25) is 0 Å². The van der Waals surface area contributed by atoms with E-state index in [1.807, 2.05) is 0 Å². The van der Waals surface area contributed by atoms with E-state index in [1.165, 1.54) is 17.8 Å². The average molecular weight is 294 g/mol. The van der Waals surface area contributed by atoms with E-state index < -0.39 is 0 Å². The summed E-state index contributed by atoms with van der Waals surface area (Å²) in [7, 11) is 0. The predicted molar refractivity (Wildman–Crippen MR) is 72.9 cm³/mol. The molecule has 1 aromatic heterocycles. The SMILES string of the molecule is CCCn1cc[n+](Cc2cccc(Br)c2)c1C. The Balaban J connectivity index is 2.19. The normalized spacial score (nSPS) is 10.8. The molecule has 0 unspecified atom stereocenters. The quantitative estimate of drug-likeness (QED) is 0.765. The zero-order valence-electron chi connectivity index (χ0n) is 10.4. The molecule has 17 heavy (non-hydrogen) atoms. The minimum absolute atomic E-state index is 0.933. The van der Waals surface area contributed by atoms with Gasteiger partial charge in [0.1, 0.15) is 18.9 Å². The number of halogens is 1. The minimum atomic E-state index is 0.933. The van der Waals surface area contributed by atoms with Crippen LogP contribution in [0.5, 0.6) is 0 Å². The minimum Gasteiger partial charge on any atom is -0.234 e. The molecule has 0 saturated heterocycles. The summed E-state index contributed by atoms with van der Waals surface area (Å²) in [6.07, 6.45) is 5.50. The van der Waals surface area contributed by atoms with Gasteiger partial charge in [-0.25, -0.2) is 9.13 Å². The van der Waals surface area contributed by atoms with Crippen LogP contribution in [0.4, 0.5) is 0 Å². The summed E-state index contributed by atoms with van der Waals surface area (Å²) in [5, 5.41) is 0. The number of hydrogen-bond acceptors (Lipinski definition) is 0. The van der Waals surface area contributed by atoms with Crippen molar-refractivity contribution in [1.82, 2.24) is 4.57 Å². The Hall–Kier alpha value is -1.09. The molecule has 0 saturated carbocycles. The van der Waals surface area contributed by atoms with E-state index >= 15 is 0 Å². The summed E-state index contributed by atoms with van der Waals surface area (Å²) in [6, 6.07) is 8.47. The van der Waals surface area contributed by atoms with Crippen molar-refractivity contribution >= 4 is 15.9 Å². The van der Waals surface area contributed by atoms with Crippen LogP contribution >= 0.6 is 15.9 Å². The molecule has 1 aromatic carbocycles. The topological polar surface area (TPSA) is 8.81 Å². The molecule has 0 amide bonds. The lowest BCUT2D eigenvalue weighted by Crippen LogP contribution is -2.36. The maximum atomic E-state index is 3.51. The molecule has 0 atom stereocenters. The highest BCUT2D eigenvalue weighted by Gasteiger charge is 2.11. The smallest absolute Gasteiger partial charge is 0.234 e. The maximum Gasteiger partial charge on any atom is 0.253 e. The molecule has 0 spiro atoms. The highest BCUT2D eigenvalue weighted by atomic mass is 79.9. The number of benzene rings is 1. The molecule has 0 aliphatic heterocycles. The number of aryl methyl sites for hydroxylation is 1. The van der Waals surface area contributed by atoms with Crippen molar-refractivity contribution in [3.05, 3.63) is 52.5 Å². The number of hydrogen-bond donors (Lipinski definition) is 0. The largest absolute Gasteiger partial charge is 0.253 e. The van der Waals surface area contributed by atoms with Gasteiger partial charge in [0, 0.05) is 11.4 Å². The lowest BCUT2D eigenvalue weighted by Gasteiger charge is -2.01. The van der Waals surface area contributed by atoms with Gasteiger partial charge in [-0.1, -0.05) is 35.0 Å². The van der Waals surface area contributed by atoms with Crippen LogP contribution in [0.1, 0.15) is 24.7 Å². The van der Waals surface area contributed by atoms with Crippen molar-refractivity contribution < 1.29 is 4.57 Å². The Labute approximate surface area is 111 Å². The third-order valence-electron chi connectivity index (χ3n) is 2.96. The molecule has 90 valence electrons. The van der Waals surface area contributed by atoms with Crippen LogP contribution in [0.15, 0.2) is 41.1 Å². The van der Waals surface area contributed by atoms with Gasteiger partial charge in [0.25, 0.3) is 5.82 Å². The molecule has 0 fully saturated rings. The van der Waals surface area contributed by atoms with Crippen LogP contribution in [-0.2, 0) is 13.1 Å². The molecule has 2 nitrogen and oxygen atoms in total. The van der Waals surface area contributed by atoms with E-state index in [0.717, 1.165) is 17.6 Å². The Kier molecular flexibility index (Phi) is 4.00. The summed E-state index contributed by atoms with van der Waals surface area (Å²) in [5.41, 5.74) is 1.32. The van der Waals surface area contributed by atoms with Crippen LogP contribution in [0, 0.1) is 6.92 Å². The summed E-state index contributed by atoms with van der Waals surface area (Å²) in [5.74, 6) is 1.31. The first kappa shape index (κ1) is 12.4. The number of nitrogens with zero attached hydrogens (tertiary/aromatic N) is 2. The van der Waals surface area contributed by atoms with Crippen LogP contribution < -0.4 is 4.57 Å². The van der Waals surface area contributed by atoms with E-state index in [-0.39, 0.29) is 0 Å². The monoisotopic (exact) mass is 293 g/mol. The fourth-order valence-electron chi connectivity index (χ4n) is 2.02. The molecule has 0 radical (unpaired) electrons. The number of imidazole rings is 1. The Bertz CT molecular complexity index is 503. The summed E-state index contributed by atoms with van der Waals surface area (Å²) >= 11 is 3.51. The standard InChI is InChI=1S/C14H18BrN2/c1-3-7-16-8-9-17(12(16)2)11-13-5-4-6-14(15)10-13/h4-6,8-10H,3,7,11H2,1-2H3/q+1. The molecule has 0 aliphatic carbocycles. The first-order valence-corrected chi connectivity index (χ1v) is 6.79. The maximum absolute atomic E-state index is 3.51. The first-order chi connectivity index (χ1) is 8.20. The van der Waals surface area contributed by atoms with Crippen LogP contribution in [-0.4, -0.2) is 4.57 Å². The van der Waals surface area contributed by atoms with Gasteiger partial charge in [-0.15, -0.1) is 0 Å². The zero-order valence-corrected chi connectivity index (χ0v) is 11.9. The van der Waals surface area contributed by atoms with E-state index in [2.05, 4.69) is 75.6 Å².